The van der Waals surface area contributed by atoms with Crippen molar-refractivity contribution in [3.05, 3.63) is 41.8 Å². The minimum Gasteiger partial charge on any atom is -0.480 e. The number of rotatable bonds is 5. The molecule has 1 unspecified atom stereocenters. The van der Waals surface area contributed by atoms with Gasteiger partial charge in [-0.15, -0.1) is 11.3 Å². The molecule has 2 aromatic rings. The summed E-state index contributed by atoms with van der Waals surface area (Å²) in [6, 6.07) is 12.0. The lowest BCUT2D eigenvalue weighted by molar-refractivity contribution is -0.138. The van der Waals surface area contributed by atoms with Crippen molar-refractivity contribution in [1.82, 2.24) is 9.80 Å². The fraction of sp³-hybridized carbons (Fsp3) is 0.400. The summed E-state index contributed by atoms with van der Waals surface area (Å²) in [5.41, 5.74) is 1.84. The molecule has 144 valence electrons. The zero-order valence-corrected chi connectivity index (χ0v) is 16.2. The number of aliphatic carboxylic acids is 1. The van der Waals surface area contributed by atoms with Crippen molar-refractivity contribution < 1.29 is 14.7 Å². The molecule has 1 saturated heterocycles. The highest BCUT2D eigenvalue weighted by atomic mass is 32.1. The van der Waals surface area contributed by atoms with E-state index in [1.54, 1.807) is 11.3 Å². The number of carboxylic acids is 1. The first-order valence-corrected chi connectivity index (χ1v) is 10.0. The lowest BCUT2D eigenvalue weighted by Crippen LogP contribution is -2.38. The maximum Gasteiger partial charge on any atom is 0.321 e. The summed E-state index contributed by atoms with van der Waals surface area (Å²) in [5.74, 6) is -0.818. The Kier molecular flexibility index (Phi) is 6.47. The summed E-state index contributed by atoms with van der Waals surface area (Å²) >= 11 is 1.65. The third-order valence-electron chi connectivity index (χ3n) is 4.95. The van der Waals surface area contributed by atoms with Gasteiger partial charge in [-0.2, -0.15) is 0 Å². The van der Waals surface area contributed by atoms with Gasteiger partial charge in [0.05, 0.1) is 12.2 Å². The summed E-state index contributed by atoms with van der Waals surface area (Å²) in [6.07, 6.45) is 2.55. The monoisotopic (exact) mass is 387 g/mol. The summed E-state index contributed by atoms with van der Waals surface area (Å²) < 4.78 is 0. The van der Waals surface area contributed by atoms with Gasteiger partial charge in [0.25, 0.3) is 0 Å². The van der Waals surface area contributed by atoms with E-state index in [1.165, 1.54) is 0 Å². The van der Waals surface area contributed by atoms with Gasteiger partial charge in [-0.1, -0.05) is 24.3 Å². The standard InChI is InChI=1S/C20H25N3O3S/c1-22(14-19(24)25)15-6-4-11-23(12-10-15)20(26)21-17-8-3-2-7-16(17)18-9-5-13-27-18/h2-3,5,7-9,13,15H,4,6,10-12,14H2,1H3,(H,21,26)(H,24,25). The number of hydrogen-bond acceptors (Lipinski definition) is 4. The van der Waals surface area contributed by atoms with E-state index in [9.17, 15) is 9.59 Å². The molecule has 0 aliphatic carbocycles. The molecule has 0 bridgehead atoms. The van der Waals surface area contributed by atoms with Gasteiger partial charge in [0, 0.05) is 29.6 Å². The minimum absolute atomic E-state index is 0.0328. The van der Waals surface area contributed by atoms with Crippen LogP contribution in [0.15, 0.2) is 41.8 Å². The number of hydrogen-bond donors (Lipinski definition) is 2. The summed E-state index contributed by atoms with van der Waals surface area (Å²) in [7, 11) is 1.84. The van der Waals surface area contributed by atoms with Crippen molar-refractivity contribution in [1.29, 1.82) is 0 Å². The second kappa shape index (κ2) is 9.01. The summed E-state index contributed by atoms with van der Waals surface area (Å²) in [6.45, 7) is 1.34. The predicted molar refractivity (Wildman–Crippen MR) is 108 cm³/mol. The Morgan fingerprint density at radius 3 is 2.78 bits per heavy atom. The number of nitrogens with one attached hydrogen (secondary N) is 1. The molecule has 2 N–H and O–H groups in total. The maximum absolute atomic E-state index is 12.8. The highest BCUT2D eigenvalue weighted by molar-refractivity contribution is 7.13. The van der Waals surface area contributed by atoms with Gasteiger partial charge in [0.2, 0.25) is 0 Å². The van der Waals surface area contributed by atoms with Crippen LogP contribution in [0.4, 0.5) is 10.5 Å². The van der Waals surface area contributed by atoms with Gasteiger partial charge in [-0.3, -0.25) is 9.69 Å². The van der Waals surface area contributed by atoms with Crippen LogP contribution in [0.25, 0.3) is 10.4 Å². The van der Waals surface area contributed by atoms with Crippen molar-refractivity contribution >= 4 is 29.0 Å². The number of para-hydroxylation sites is 1. The lowest BCUT2D eigenvalue weighted by atomic mass is 10.1. The molecule has 0 spiro atoms. The van der Waals surface area contributed by atoms with Crippen LogP contribution in [-0.2, 0) is 4.79 Å². The third-order valence-corrected chi connectivity index (χ3v) is 5.85. The van der Waals surface area contributed by atoms with E-state index < -0.39 is 5.97 Å². The number of thiophene rings is 1. The van der Waals surface area contributed by atoms with E-state index in [0.717, 1.165) is 35.4 Å². The lowest BCUT2D eigenvalue weighted by Gasteiger charge is -2.25. The number of carbonyl (C=O) groups excluding carboxylic acids is 1. The van der Waals surface area contributed by atoms with Crippen LogP contribution in [0.1, 0.15) is 19.3 Å². The van der Waals surface area contributed by atoms with Crippen LogP contribution >= 0.6 is 11.3 Å². The Balaban J connectivity index is 1.63. The highest BCUT2D eigenvalue weighted by Gasteiger charge is 2.24. The molecule has 27 heavy (non-hydrogen) atoms. The SMILES string of the molecule is CN(CC(=O)O)C1CCCN(C(=O)Nc2ccccc2-c2cccs2)CC1. The molecule has 0 radical (unpaired) electrons. The quantitative estimate of drug-likeness (QED) is 0.818. The molecule has 1 aliphatic rings. The Hall–Kier alpha value is -2.38. The molecule has 1 aromatic carbocycles. The van der Waals surface area contributed by atoms with Crippen molar-refractivity contribution in [2.45, 2.75) is 25.3 Å². The largest absolute Gasteiger partial charge is 0.480 e. The fourth-order valence-electron chi connectivity index (χ4n) is 3.50. The van der Waals surface area contributed by atoms with E-state index in [4.69, 9.17) is 5.11 Å². The molecular formula is C20H25N3O3S. The number of nitrogens with zero attached hydrogens (tertiary/aromatic N) is 2. The smallest absolute Gasteiger partial charge is 0.321 e. The Labute approximate surface area is 163 Å². The zero-order valence-electron chi connectivity index (χ0n) is 15.4. The second-order valence-corrected chi connectivity index (χ2v) is 7.78. The number of carboxylic acid groups (broad SMARTS) is 1. The molecule has 1 atom stereocenters. The molecule has 2 amide bonds. The van der Waals surface area contributed by atoms with Crippen LogP contribution < -0.4 is 5.32 Å². The topological polar surface area (TPSA) is 72.9 Å². The highest BCUT2D eigenvalue weighted by Crippen LogP contribution is 2.31. The van der Waals surface area contributed by atoms with Gasteiger partial charge in [0.1, 0.15) is 0 Å². The number of amides is 2. The molecule has 1 aliphatic heterocycles. The Bertz CT molecular complexity index is 779. The number of benzene rings is 1. The van der Waals surface area contributed by atoms with Gasteiger partial charge in [0.15, 0.2) is 0 Å². The van der Waals surface area contributed by atoms with Gasteiger partial charge >= 0.3 is 12.0 Å². The number of anilines is 1. The van der Waals surface area contributed by atoms with E-state index >= 15 is 0 Å². The Morgan fingerprint density at radius 1 is 1.22 bits per heavy atom. The molecule has 1 aromatic heterocycles. The van der Waals surface area contributed by atoms with E-state index in [0.29, 0.717) is 13.1 Å². The van der Waals surface area contributed by atoms with Crippen molar-refractivity contribution in [3.63, 3.8) is 0 Å². The van der Waals surface area contributed by atoms with E-state index in [-0.39, 0.29) is 18.6 Å². The first-order chi connectivity index (χ1) is 13.0. The second-order valence-electron chi connectivity index (χ2n) is 6.83. The van der Waals surface area contributed by atoms with Crippen LogP contribution in [0, 0.1) is 0 Å². The van der Waals surface area contributed by atoms with E-state index in [2.05, 4.69) is 5.32 Å². The van der Waals surface area contributed by atoms with Gasteiger partial charge in [-0.05, 0) is 43.8 Å². The Morgan fingerprint density at radius 2 is 2.04 bits per heavy atom. The molecule has 2 heterocycles. The first-order valence-electron chi connectivity index (χ1n) is 9.15. The van der Waals surface area contributed by atoms with Crippen LogP contribution in [0.2, 0.25) is 0 Å². The first kappa shape index (κ1) is 19.4. The zero-order chi connectivity index (χ0) is 19.2. The fourth-order valence-corrected chi connectivity index (χ4v) is 4.26. The normalized spacial score (nSPS) is 17.6. The van der Waals surface area contributed by atoms with Crippen LogP contribution in [-0.4, -0.2) is 59.6 Å². The minimum atomic E-state index is -0.818. The van der Waals surface area contributed by atoms with Crippen molar-refractivity contribution in [2.24, 2.45) is 0 Å². The number of urea groups is 1. The van der Waals surface area contributed by atoms with Crippen molar-refractivity contribution in [2.75, 3.05) is 32.0 Å². The van der Waals surface area contributed by atoms with Crippen molar-refractivity contribution in [3.8, 4) is 10.4 Å². The third kappa shape index (κ3) is 5.08. The predicted octanol–water partition coefficient (Wildman–Crippen LogP) is 3.82. The number of likely N-dealkylation sites (N-methyl/N-ethyl adjacent to an activating group) is 1. The summed E-state index contributed by atoms with van der Waals surface area (Å²) in [4.78, 5) is 28.6. The molecule has 6 nitrogen and oxygen atoms in total. The van der Waals surface area contributed by atoms with Gasteiger partial charge in [-0.25, -0.2) is 4.79 Å². The maximum atomic E-state index is 12.8. The molecular weight excluding hydrogens is 362 g/mol. The molecule has 7 heteroatoms. The molecule has 1 fully saturated rings. The summed E-state index contributed by atoms with van der Waals surface area (Å²) in [5, 5.41) is 14.1. The van der Waals surface area contributed by atoms with E-state index in [1.807, 2.05) is 58.6 Å². The molecule has 3 rings (SSSR count). The number of carbonyl (C=O) groups is 2. The average molecular weight is 388 g/mol. The average Bonchev–Trinajstić information content (AvgIpc) is 3.05. The van der Waals surface area contributed by atoms with Crippen LogP contribution in [0.3, 0.4) is 0 Å². The number of likely N-dealkylation sites (tertiary alicyclic amines) is 1. The molecule has 0 saturated carbocycles. The van der Waals surface area contributed by atoms with Crippen LogP contribution in [0.5, 0.6) is 0 Å². The van der Waals surface area contributed by atoms with Gasteiger partial charge < -0.3 is 15.3 Å².